The highest BCUT2D eigenvalue weighted by molar-refractivity contribution is 5.90. The van der Waals surface area contributed by atoms with Crippen LogP contribution in [-0.4, -0.2) is 27.0 Å². The number of rotatable bonds is 1. The predicted octanol–water partition coefficient (Wildman–Crippen LogP) is 2.95. The van der Waals surface area contributed by atoms with E-state index in [1.165, 1.54) is 6.07 Å². The highest BCUT2D eigenvalue weighted by Crippen LogP contribution is 2.43. The van der Waals surface area contributed by atoms with Crippen molar-refractivity contribution < 1.29 is 24.5 Å². The van der Waals surface area contributed by atoms with E-state index in [4.69, 9.17) is 9.15 Å². The first-order valence-corrected chi connectivity index (χ1v) is 8.26. The van der Waals surface area contributed by atoms with Gasteiger partial charge in [0.15, 0.2) is 5.76 Å². The normalized spacial score (nSPS) is 18.3. The molecule has 0 aliphatic carbocycles. The lowest BCUT2D eigenvalue weighted by Crippen LogP contribution is -2.46. The first-order valence-electron chi connectivity index (χ1n) is 8.26. The Morgan fingerprint density at radius 1 is 1.12 bits per heavy atom. The van der Waals surface area contributed by atoms with Crippen LogP contribution < -0.4 is 10.2 Å². The topological polar surface area (TPSA) is 100 Å². The van der Waals surface area contributed by atoms with Crippen molar-refractivity contribution in [3.8, 4) is 28.6 Å². The summed E-state index contributed by atoms with van der Waals surface area (Å²) in [7, 11) is 0. The molecule has 0 amide bonds. The smallest absolute Gasteiger partial charge is 0.238 e. The van der Waals surface area contributed by atoms with Crippen molar-refractivity contribution in [3.63, 3.8) is 0 Å². The molecule has 134 valence electrons. The minimum Gasteiger partial charge on any atom is -0.507 e. The molecular weight excluding hydrogens is 336 g/mol. The molecule has 1 atom stereocenters. The number of aromatic hydroxyl groups is 2. The summed E-state index contributed by atoms with van der Waals surface area (Å²) in [6.07, 6.45) is -0.715. The van der Waals surface area contributed by atoms with Crippen LogP contribution in [0.1, 0.15) is 19.4 Å². The Hall–Kier alpha value is -2.99. The lowest BCUT2D eigenvalue weighted by molar-refractivity contribution is -0.0415. The van der Waals surface area contributed by atoms with Gasteiger partial charge in [-0.15, -0.1) is 0 Å². The molecule has 2 heterocycles. The molecule has 0 radical (unpaired) electrons. The summed E-state index contributed by atoms with van der Waals surface area (Å²) in [5, 5.41) is 31.0. The molecule has 3 N–H and O–H groups in total. The monoisotopic (exact) mass is 354 g/mol. The van der Waals surface area contributed by atoms with Crippen LogP contribution in [0.3, 0.4) is 0 Å². The van der Waals surface area contributed by atoms with E-state index in [2.05, 4.69) is 0 Å². The van der Waals surface area contributed by atoms with Gasteiger partial charge in [0, 0.05) is 23.6 Å². The van der Waals surface area contributed by atoms with Crippen LogP contribution >= 0.6 is 0 Å². The number of hydrogen-bond acceptors (Lipinski definition) is 6. The van der Waals surface area contributed by atoms with Crippen LogP contribution in [-0.2, 0) is 6.42 Å². The molecule has 1 aliphatic heterocycles. The van der Waals surface area contributed by atoms with Crippen molar-refractivity contribution in [3.05, 3.63) is 52.2 Å². The third kappa shape index (κ3) is 2.34. The maximum absolute atomic E-state index is 12.7. The van der Waals surface area contributed by atoms with Crippen molar-refractivity contribution in [1.82, 2.24) is 0 Å². The van der Waals surface area contributed by atoms with E-state index >= 15 is 0 Å². The molecule has 4 rings (SSSR count). The van der Waals surface area contributed by atoms with E-state index in [0.29, 0.717) is 16.9 Å². The lowest BCUT2D eigenvalue weighted by Gasteiger charge is -2.37. The number of hydrogen-bond donors (Lipinski definition) is 3. The SMILES string of the molecule is CC1(C)Oc2cc3oc(-c4ccccc4)c(O)c(=O)c3c(O)c2C[C@H]1O. The fourth-order valence-electron chi connectivity index (χ4n) is 3.21. The maximum Gasteiger partial charge on any atom is 0.238 e. The molecule has 0 bridgehead atoms. The number of aliphatic hydroxyl groups excluding tert-OH is 1. The van der Waals surface area contributed by atoms with Crippen LogP contribution in [0, 0.1) is 0 Å². The van der Waals surface area contributed by atoms with Gasteiger partial charge in [0.05, 0.1) is 6.10 Å². The molecule has 1 aliphatic rings. The molecule has 0 unspecified atom stereocenters. The highest BCUT2D eigenvalue weighted by Gasteiger charge is 2.38. The number of phenols is 1. The summed E-state index contributed by atoms with van der Waals surface area (Å²) in [4.78, 5) is 12.7. The Morgan fingerprint density at radius 3 is 2.50 bits per heavy atom. The zero-order valence-corrected chi connectivity index (χ0v) is 14.3. The largest absolute Gasteiger partial charge is 0.507 e. The van der Waals surface area contributed by atoms with Crippen LogP contribution in [0.2, 0.25) is 0 Å². The van der Waals surface area contributed by atoms with Gasteiger partial charge in [-0.05, 0) is 13.8 Å². The molecule has 0 saturated carbocycles. The molecular formula is C20H18O6. The van der Waals surface area contributed by atoms with E-state index in [1.54, 1.807) is 38.1 Å². The molecule has 1 aromatic heterocycles. The maximum atomic E-state index is 12.7. The summed E-state index contributed by atoms with van der Waals surface area (Å²) in [5.74, 6) is -0.539. The number of phenolic OH excluding ortho intramolecular Hbond substituents is 1. The van der Waals surface area contributed by atoms with Crippen molar-refractivity contribution in [1.29, 1.82) is 0 Å². The Bertz CT molecular complexity index is 1070. The Kier molecular flexibility index (Phi) is 3.49. The van der Waals surface area contributed by atoms with Crippen molar-refractivity contribution >= 4 is 11.0 Å². The zero-order valence-electron chi connectivity index (χ0n) is 14.3. The molecule has 3 aromatic rings. The summed E-state index contributed by atoms with van der Waals surface area (Å²) in [6, 6.07) is 10.3. The molecule has 2 aromatic carbocycles. The minimum atomic E-state index is -0.845. The highest BCUT2D eigenvalue weighted by atomic mass is 16.5. The van der Waals surface area contributed by atoms with Gasteiger partial charge in [0.25, 0.3) is 0 Å². The van der Waals surface area contributed by atoms with Crippen molar-refractivity contribution in [2.75, 3.05) is 0 Å². The summed E-state index contributed by atoms with van der Waals surface area (Å²) >= 11 is 0. The zero-order chi connectivity index (χ0) is 18.6. The van der Waals surface area contributed by atoms with E-state index in [9.17, 15) is 20.1 Å². The van der Waals surface area contributed by atoms with E-state index in [0.717, 1.165) is 0 Å². The third-order valence-electron chi connectivity index (χ3n) is 4.81. The quantitative estimate of drug-likeness (QED) is 0.621. The first-order chi connectivity index (χ1) is 12.3. The Labute approximate surface area is 148 Å². The molecule has 6 nitrogen and oxygen atoms in total. The standard InChI is InChI=1S/C20H18O6/c1-20(2)14(21)8-11-12(26-20)9-13-15(16(11)22)17(23)18(24)19(25-13)10-6-4-3-5-7-10/h3-7,9,14,21-22,24H,8H2,1-2H3/t14-/m1/s1. The number of benzene rings is 2. The van der Waals surface area contributed by atoms with Crippen LogP contribution in [0.4, 0.5) is 0 Å². The van der Waals surface area contributed by atoms with Gasteiger partial charge in [-0.1, -0.05) is 30.3 Å². The summed E-state index contributed by atoms with van der Waals surface area (Å²) in [6.45, 7) is 3.48. The van der Waals surface area contributed by atoms with E-state index in [-0.39, 0.29) is 28.9 Å². The predicted molar refractivity (Wildman–Crippen MR) is 95.7 cm³/mol. The summed E-state index contributed by atoms with van der Waals surface area (Å²) in [5.41, 5.74) is -0.603. The van der Waals surface area contributed by atoms with Gasteiger partial charge in [-0.2, -0.15) is 0 Å². The number of aliphatic hydroxyl groups is 1. The number of ether oxygens (including phenoxy) is 1. The number of fused-ring (bicyclic) bond motifs is 2. The molecule has 0 spiro atoms. The first kappa shape index (κ1) is 16.5. The molecule has 0 fully saturated rings. The van der Waals surface area contributed by atoms with Gasteiger partial charge < -0.3 is 24.5 Å². The third-order valence-corrected chi connectivity index (χ3v) is 4.81. The average molecular weight is 354 g/mol. The second kappa shape index (κ2) is 5.51. The van der Waals surface area contributed by atoms with Gasteiger partial charge in [0.2, 0.25) is 11.2 Å². The molecule has 0 saturated heterocycles. The minimum absolute atomic E-state index is 0.0255. The van der Waals surface area contributed by atoms with E-state index < -0.39 is 22.9 Å². The lowest BCUT2D eigenvalue weighted by atomic mass is 9.90. The average Bonchev–Trinajstić information content (AvgIpc) is 2.60. The van der Waals surface area contributed by atoms with Crippen LogP contribution in [0.15, 0.2) is 45.6 Å². The van der Waals surface area contributed by atoms with Gasteiger partial charge in [-0.25, -0.2) is 0 Å². The second-order valence-corrected chi connectivity index (χ2v) is 6.98. The van der Waals surface area contributed by atoms with Crippen LogP contribution in [0.5, 0.6) is 17.2 Å². The van der Waals surface area contributed by atoms with Gasteiger partial charge >= 0.3 is 0 Å². The van der Waals surface area contributed by atoms with E-state index in [1.807, 2.05) is 6.07 Å². The van der Waals surface area contributed by atoms with Crippen molar-refractivity contribution in [2.45, 2.75) is 32.0 Å². The molecule has 26 heavy (non-hydrogen) atoms. The summed E-state index contributed by atoms with van der Waals surface area (Å²) < 4.78 is 11.6. The fraction of sp³-hybridized carbons (Fsp3) is 0.250. The Morgan fingerprint density at radius 2 is 1.81 bits per heavy atom. The fourth-order valence-corrected chi connectivity index (χ4v) is 3.21. The molecule has 6 heteroatoms. The Balaban J connectivity index is 2.02. The van der Waals surface area contributed by atoms with Crippen LogP contribution in [0.25, 0.3) is 22.3 Å². The van der Waals surface area contributed by atoms with Gasteiger partial charge in [0.1, 0.15) is 28.1 Å². The van der Waals surface area contributed by atoms with Gasteiger partial charge in [-0.3, -0.25) is 4.79 Å². The van der Waals surface area contributed by atoms with Crippen molar-refractivity contribution in [2.24, 2.45) is 0 Å². The second-order valence-electron chi connectivity index (χ2n) is 6.98.